The van der Waals surface area contributed by atoms with Crippen LogP contribution in [-0.2, 0) is 19.2 Å². The van der Waals surface area contributed by atoms with E-state index in [9.17, 15) is 31.9 Å². The molecule has 1 aromatic heterocycles. The van der Waals surface area contributed by atoms with Crippen LogP contribution in [0.1, 0.15) is 17.8 Å². The number of nitrogens with zero attached hydrogens (tertiary/aromatic N) is 3. The third-order valence-electron chi connectivity index (χ3n) is 4.17. The van der Waals surface area contributed by atoms with Gasteiger partial charge in [-0.15, -0.1) is 0 Å². The van der Waals surface area contributed by atoms with Gasteiger partial charge >= 0.3 is 12.2 Å². The standard InChI is InChI=1S/C17H19F5N4O2/c1-25-8-7-23-14(25)16(28,17(20,21)22)5-6-24-15(27)26(2)10-11-3-4-12(18)13(19)9-11/h3-4,7-9,28H,5-6,10H2,1-2H3,(H,24,27). The second-order valence-corrected chi connectivity index (χ2v) is 6.31. The molecule has 2 N–H and O–H groups in total. The summed E-state index contributed by atoms with van der Waals surface area (Å²) in [5, 5.41) is 12.4. The maximum atomic E-state index is 13.4. The zero-order chi connectivity index (χ0) is 21.1. The molecule has 1 aromatic carbocycles. The average molecular weight is 406 g/mol. The molecule has 0 saturated heterocycles. The van der Waals surface area contributed by atoms with Gasteiger partial charge in [-0.25, -0.2) is 18.6 Å². The fourth-order valence-corrected chi connectivity index (χ4v) is 2.61. The van der Waals surface area contributed by atoms with Gasteiger partial charge in [-0.2, -0.15) is 13.2 Å². The summed E-state index contributed by atoms with van der Waals surface area (Å²) in [4.78, 5) is 16.7. The summed E-state index contributed by atoms with van der Waals surface area (Å²) in [5.41, 5.74) is -2.94. The molecule has 11 heteroatoms. The molecule has 0 spiro atoms. The Morgan fingerprint density at radius 2 is 1.96 bits per heavy atom. The van der Waals surface area contributed by atoms with Crippen LogP contribution in [-0.4, -0.2) is 45.4 Å². The quantitative estimate of drug-likeness (QED) is 0.725. The van der Waals surface area contributed by atoms with Crippen molar-refractivity contribution in [2.45, 2.75) is 24.7 Å². The number of aryl methyl sites for hydroxylation is 1. The van der Waals surface area contributed by atoms with E-state index in [2.05, 4.69) is 10.3 Å². The van der Waals surface area contributed by atoms with Gasteiger partial charge in [0.15, 0.2) is 11.6 Å². The number of nitrogens with one attached hydrogen (secondary N) is 1. The molecular formula is C17H19F5N4O2. The van der Waals surface area contributed by atoms with Gasteiger partial charge in [-0.1, -0.05) is 6.07 Å². The minimum atomic E-state index is -5.01. The molecule has 0 bridgehead atoms. The molecule has 0 aliphatic rings. The first-order valence-corrected chi connectivity index (χ1v) is 8.15. The van der Waals surface area contributed by atoms with Gasteiger partial charge in [0.1, 0.15) is 5.82 Å². The van der Waals surface area contributed by atoms with E-state index in [1.807, 2.05) is 0 Å². The highest BCUT2D eigenvalue weighted by atomic mass is 19.4. The van der Waals surface area contributed by atoms with Crippen LogP contribution in [0.5, 0.6) is 0 Å². The highest BCUT2D eigenvalue weighted by Crippen LogP contribution is 2.40. The Morgan fingerprint density at radius 1 is 1.29 bits per heavy atom. The Morgan fingerprint density at radius 3 is 2.50 bits per heavy atom. The van der Waals surface area contributed by atoms with Gasteiger partial charge in [0.25, 0.3) is 0 Å². The fraction of sp³-hybridized carbons (Fsp3) is 0.412. The van der Waals surface area contributed by atoms with Crippen LogP contribution < -0.4 is 5.32 Å². The molecule has 0 saturated carbocycles. The summed E-state index contributed by atoms with van der Waals surface area (Å²) in [6, 6.07) is 2.37. The molecule has 2 amide bonds. The van der Waals surface area contributed by atoms with E-state index in [1.165, 1.54) is 26.4 Å². The van der Waals surface area contributed by atoms with Crippen LogP contribution in [0.2, 0.25) is 0 Å². The Hall–Kier alpha value is -2.69. The van der Waals surface area contributed by atoms with E-state index in [-0.39, 0.29) is 6.54 Å². The average Bonchev–Trinajstić information content (AvgIpc) is 3.03. The number of benzene rings is 1. The number of amides is 2. The number of halogens is 5. The Bertz CT molecular complexity index is 839. The molecular weight excluding hydrogens is 387 g/mol. The van der Waals surface area contributed by atoms with E-state index in [1.54, 1.807) is 0 Å². The van der Waals surface area contributed by atoms with Crippen molar-refractivity contribution in [2.24, 2.45) is 7.05 Å². The number of carbonyl (C=O) groups excluding carboxylic acids is 1. The summed E-state index contributed by atoms with van der Waals surface area (Å²) < 4.78 is 67.4. The van der Waals surface area contributed by atoms with Crippen molar-refractivity contribution in [3.63, 3.8) is 0 Å². The Balaban J connectivity index is 1.99. The molecule has 28 heavy (non-hydrogen) atoms. The van der Waals surface area contributed by atoms with Crippen molar-refractivity contribution in [2.75, 3.05) is 13.6 Å². The summed E-state index contributed by atoms with van der Waals surface area (Å²) in [7, 11) is 2.65. The number of rotatable bonds is 6. The lowest BCUT2D eigenvalue weighted by Gasteiger charge is -2.30. The van der Waals surface area contributed by atoms with Gasteiger partial charge in [0.05, 0.1) is 0 Å². The lowest BCUT2D eigenvalue weighted by molar-refractivity contribution is -0.272. The fourth-order valence-electron chi connectivity index (χ4n) is 2.61. The number of hydrogen-bond donors (Lipinski definition) is 2. The number of imidazole rings is 1. The summed E-state index contributed by atoms with van der Waals surface area (Å²) in [6.07, 6.45) is -3.47. The molecule has 0 radical (unpaired) electrons. The van der Waals surface area contributed by atoms with Crippen LogP contribution in [0.15, 0.2) is 30.6 Å². The zero-order valence-corrected chi connectivity index (χ0v) is 15.1. The normalized spacial score (nSPS) is 13.9. The van der Waals surface area contributed by atoms with E-state index >= 15 is 0 Å². The predicted molar refractivity (Wildman–Crippen MR) is 89.0 cm³/mol. The van der Waals surface area contributed by atoms with Crippen molar-refractivity contribution in [1.82, 2.24) is 19.8 Å². The molecule has 1 heterocycles. The number of urea groups is 1. The monoisotopic (exact) mass is 406 g/mol. The van der Waals surface area contributed by atoms with Crippen molar-refractivity contribution in [1.29, 1.82) is 0 Å². The van der Waals surface area contributed by atoms with Crippen molar-refractivity contribution >= 4 is 6.03 Å². The van der Waals surface area contributed by atoms with Gasteiger partial charge in [0.2, 0.25) is 5.60 Å². The highest BCUT2D eigenvalue weighted by molar-refractivity contribution is 5.73. The van der Waals surface area contributed by atoms with E-state index < -0.39 is 48.2 Å². The van der Waals surface area contributed by atoms with E-state index in [0.717, 1.165) is 27.8 Å². The maximum Gasteiger partial charge on any atom is 0.424 e. The molecule has 0 aliphatic carbocycles. The minimum Gasteiger partial charge on any atom is -0.374 e. The smallest absolute Gasteiger partial charge is 0.374 e. The highest BCUT2D eigenvalue weighted by Gasteiger charge is 2.57. The lowest BCUT2D eigenvalue weighted by Crippen LogP contribution is -2.47. The van der Waals surface area contributed by atoms with Crippen molar-refractivity contribution in [3.8, 4) is 0 Å². The third-order valence-corrected chi connectivity index (χ3v) is 4.17. The maximum absolute atomic E-state index is 13.4. The Labute approximate surface area is 157 Å². The van der Waals surface area contributed by atoms with Crippen LogP contribution >= 0.6 is 0 Å². The van der Waals surface area contributed by atoms with Gasteiger partial charge in [0, 0.05) is 46.0 Å². The zero-order valence-electron chi connectivity index (χ0n) is 15.1. The SMILES string of the molecule is CN(Cc1ccc(F)c(F)c1)C(=O)NCCC(O)(c1nccn1C)C(F)(F)F. The minimum absolute atomic E-state index is 0.0913. The van der Waals surface area contributed by atoms with Crippen LogP contribution in [0.4, 0.5) is 26.7 Å². The first-order chi connectivity index (χ1) is 13.0. The van der Waals surface area contributed by atoms with Crippen LogP contribution in [0.3, 0.4) is 0 Å². The predicted octanol–water partition coefficient (Wildman–Crippen LogP) is 2.68. The van der Waals surface area contributed by atoms with Crippen molar-refractivity contribution in [3.05, 3.63) is 53.6 Å². The summed E-state index contributed by atoms with van der Waals surface area (Å²) in [5.74, 6) is -2.70. The van der Waals surface area contributed by atoms with Gasteiger partial charge < -0.3 is 19.9 Å². The van der Waals surface area contributed by atoms with Crippen LogP contribution in [0, 0.1) is 11.6 Å². The number of carbonyl (C=O) groups is 1. The summed E-state index contributed by atoms with van der Waals surface area (Å²) >= 11 is 0. The molecule has 1 unspecified atom stereocenters. The molecule has 2 rings (SSSR count). The largest absolute Gasteiger partial charge is 0.424 e. The topological polar surface area (TPSA) is 70.4 Å². The number of hydrogen-bond acceptors (Lipinski definition) is 3. The lowest BCUT2D eigenvalue weighted by atomic mass is 9.97. The number of alkyl halides is 3. The first-order valence-electron chi connectivity index (χ1n) is 8.15. The van der Waals surface area contributed by atoms with Gasteiger partial charge in [-0.05, 0) is 17.7 Å². The first kappa shape index (κ1) is 21.6. The summed E-state index contributed by atoms with van der Waals surface area (Å²) in [6.45, 7) is -0.588. The molecule has 0 aliphatic heterocycles. The van der Waals surface area contributed by atoms with E-state index in [4.69, 9.17) is 0 Å². The second kappa shape index (κ2) is 8.13. The third kappa shape index (κ3) is 4.58. The Kier molecular flexibility index (Phi) is 6.27. The van der Waals surface area contributed by atoms with Gasteiger partial charge in [-0.3, -0.25) is 0 Å². The molecule has 2 aromatic rings. The van der Waals surface area contributed by atoms with Crippen molar-refractivity contribution < 1.29 is 31.9 Å². The van der Waals surface area contributed by atoms with E-state index in [0.29, 0.717) is 5.56 Å². The number of aromatic nitrogens is 2. The molecule has 154 valence electrons. The molecule has 6 nitrogen and oxygen atoms in total. The van der Waals surface area contributed by atoms with Crippen LogP contribution in [0.25, 0.3) is 0 Å². The molecule has 0 fully saturated rings. The molecule has 1 atom stereocenters. The number of aliphatic hydroxyl groups is 1. The second-order valence-electron chi connectivity index (χ2n) is 6.31.